The van der Waals surface area contributed by atoms with Crippen molar-refractivity contribution in [1.82, 2.24) is 0 Å². The third-order valence-electron chi connectivity index (χ3n) is 6.66. The first-order valence-electron chi connectivity index (χ1n) is 10.3. The van der Waals surface area contributed by atoms with Gasteiger partial charge in [0, 0.05) is 17.0 Å². The smallest absolute Gasteiger partial charge is 0.228 e. The molecule has 0 atom stereocenters. The van der Waals surface area contributed by atoms with Crippen molar-refractivity contribution >= 4 is 21.7 Å². The third kappa shape index (κ3) is 2.25. The van der Waals surface area contributed by atoms with Gasteiger partial charge in [-0.2, -0.15) is 0 Å². The van der Waals surface area contributed by atoms with E-state index in [1.165, 1.54) is 47.7 Å². The lowest BCUT2D eigenvalue weighted by Crippen LogP contribution is -2.31. The summed E-state index contributed by atoms with van der Waals surface area (Å²) in [6.07, 6.45) is 10.6. The number of rotatable bonds is 2. The lowest BCUT2D eigenvalue weighted by atomic mass is 9.91. The number of hydrogen-bond donors (Lipinski definition) is 0. The molecule has 1 fully saturated rings. The van der Waals surface area contributed by atoms with Crippen molar-refractivity contribution in [3.05, 3.63) is 53.9 Å². The van der Waals surface area contributed by atoms with E-state index < -0.39 is 0 Å². The Morgan fingerprint density at radius 1 is 1.04 bits per heavy atom. The van der Waals surface area contributed by atoms with Crippen LogP contribution in [0.2, 0.25) is 0 Å². The Kier molecular flexibility index (Phi) is 3.37. The minimum atomic E-state index is 0.827. The normalized spacial score (nSPS) is 15.9. The maximum atomic E-state index is 6.51. The molecule has 28 heavy (non-hydrogen) atoms. The van der Waals surface area contributed by atoms with E-state index in [0.717, 1.165) is 45.9 Å². The van der Waals surface area contributed by atoms with Gasteiger partial charge < -0.3 is 9.15 Å². The molecule has 4 aromatic rings. The number of benzene rings is 2. The Labute approximate surface area is 164 Å². The Balaban J connectivity index is 1.61. The molecule has 0 radical (unpaired) electrons. The fourth-order valence-electron chi connectivity index (χ4n) is 5.31. The van der Waals surface area contributed by atoms with E-state index in [-0.39, 0.29) is 0 Å². The quantitative estimate of drug-likeness (QED) is 0.345. The fraction of sp³-hybridized carbons (Fsp3) is 0.320. The average Bonchev–Trinajstić information content (AvgIpc) is 3.35. The van der Waals surface area contributed by atoms with Crippen molar-refractivity contribution in [2.45, 2.75) is 39.0 Å². The summed E-state index contributed by atoms with van der Waals surface area (Å²) in [6, 6.07) is 11.0. The number of ether oxygens (including phenoxy) is 1. The highest BCUT2D eigenvalue weighted by Gasteiger charge is 2.31. The summed E-state index contributed by atoms with van der Waals surface area (Å²) in [7, 11) is 2.12. The molecule has 0 amide bonds. The van der Waals surface area contributed by atoms with E-state index in [0.29, 0.717) is 0 Å². The molecule has 1 aliphatic carbocycles. The molecule has 0 unspecified atom stereocenters. The molecule has 3 nitrogen and oxygen atoms in total. The molecule has 2 aromatic heterocycles. The highest BCUT2D eigenvalue weighted by molar-refractivity contribution is 6.04. The van der Waals surface area contributed by atoms with Gasteiger partial charge in [-0.1, -0.05) is 31.7 Å². The molecule has 1 aliphatic heterocycles. The SMILES string of the molecule is Cc1c2c(cc3ccoc13)Oc1cc(CC3CCCC3)cc3cc[n+](C)c-2c13. The van der Waals surface area contributed by atoms with Crippen molar-refractivity contribution in [2.75, 3.05) is 0 Å². The van der Waals surface area contributed by atoms with Crippen LogP contribution in [0.1, 0.15) is 36.8 Å². The maximum Gasteiger partial charge on any atom is 0.228 e. The molecule has 0 bridgehead atoms. The second-order valence-electron chi connectivity index (χ2n) is 8.50. The van der Waals surface area contributed by atoms with Gasteiger partial charge in [-0.05, 0) is 48.4 Å². The van der Waals surface area contributed by atoms with E-state index in [9.17, 15) is 0 Å². The number of pyridine rings is 1. The predicted molar refractivity (Wildman–Crippen MR) is 111 cm³/mol. The van der Waals surface area contributed by atoms with E-state index >= 15 is 0 Å². The zero-order valence-corrected chi connectivity index (χ0v) is 16.4. The van der Waals surface area contributed by atoms with Gasteiger partial charge in [-0.15, -0.1) is 0 Å². The lowest BCUT2D eigenvalue weighted by Gasteiger charge is -2.22. The monoisotopic (exact) mass is 370 g/mol. The predicted octanol–water partition coefficient (Wildman–Crippen LogP) is 6.22. The summed E-state index contributed by atoms with van der Waals surface area (Å²) in [5, 5.41) is 3.57. The molecule has 6 rings (SSSR count). The number of furan rings is 1. The first-order chi connectivity index (χ1) is 13.7. The van der Waals surface area contributed by atoms with Gasteiger partial charge in [0.1, 0.15) is 24.1 Å². The summed E-state index contributed by atoms with van der Waals surface area (Å²) in [4.78, 5) is 0. The van der Waals surface area contributed by atoms with Crippen molar-refractivity contribution in [3.8, 4) is 22.8 Å². The number of hydrogen-bond acceptors (Lipinski definition) is 2. The van der Waals surface area contributed by atoms with Crippen LogP contribution in [0.4, 0.5) is 0 Å². The molecule has 3 heteroatoms. The second kappa shape index (κ2) is 5.84. The van der Waals surface area contributed by atoms with Crippen LogP contribution in [-0.2, 0) is 13.5 Å². The van der Waals surface area contributed by atoms with Crippen molar-refractivity contribution in [3.63, 3.8) is 0 Å². The van der Waals surface area contributed by atoms with Gasteiger partial charge in [-0.3, -0.25) is 0 Å². The van der Waals surface area contributed by atoms with Crippen LogP contribution in [0.5, 0.6) is 11.5 Å². The van der Waals surface area contributed by atoms with Gasteiger partial charge >= 0.3 is 0 Å². The zero-order valence-electron chi connectivity index (χ0n) is 16.4. The lowest BCUT2D eigenvalue weighted by molar-refractivity contribution is -0.659. The molecule has 1 saturated carbocycles. The summed E-state index contributed by atoms with van der Waals surface area (Å²) < 4.78 is 14.5. The van der Waals surface area contributed by atoms with E-state index in [1.54, 1.807) is 6.26 Å². The molecule has 140 valence electrons. The summed E-state index contributed by atoms with van der Waals surface area (Å²) >= 11 is 0. The zero-order chi connectivity index (χ0) is 18.8. The second-order valence-corrected chi connectivity index (χ2v) is 8.50. The van der Waals surface area contributed by atoms with Crippen LogP contribution in [0.3, 0.4) is 0 Å². The standard InChI is InChI=1S/C25H24NO2/c1-15-22-21(14-19-8-10-27-25(15)19)28-20-13-17(11-16-5-3-4-6-16)12-18-7-9-26(2)24(22)23(18)20/h7-10,12-14,16H,3-6,11H2,1-2H3/q+1. The molecule has 0 N–H and O–H groups in total. The molecule has 0 spiro atoms. The Hall–Kier alpha value is -2.81. The Morgan fingerprint density at radius 2 is 1.89 bits per heavy atom. The first-order valence-corrected chi connectivity index (χ1v) is 10.3. The average molecular weight is 370 g/mol. The molecular formula is C25H24NO2+. The van der Waals surface area contributed by atoms with Crippen LogP contribution in [0.25, 0.3) is 33.0 Å². The van der Waals surface area contributed by atoms with Crippen LogP contribution in [0.15, 0.2) is 47.2 Å². The first kappa shape index (κ1) is 16.2. The summed E-state index contributed by atoms with van der Waals surface area (Å²) in [5.74, 6) is 2.75. The highest BCUT2D eigenvalue weighted by atomic mass is 16.5. The van der Waals surface area contributed by atoms with Gasteiger partial charge in [0.25, 0.3) is 0 Å². The number of aromatic nitrogens is 1. The number of aryl methyl sites for hydroxylation is 2. The van der Waals surface area contributed by atoms with Crippen LogP contribution < -0.4 is 9.30 Å². The van der Waals surface area contributed by atoms with Crippen molar-refractivity contribution in [2.24, 2.45) is 13.0 Å². The van der Waals surface area contributed by atoms with E-state index in [1.807, 2.05) is 6.07 Å². The Bertz CT molecular complexity index is 1240. The van der Waals surface area contributed by atoms with E-state index in [2.05, 4.69) is 49.0 Å². The van der Waals surface area contributed by atoms with Gasteiger partial charge in [-0.25, -0.2) is 4.57 Å². The van der Waals surface area contributed by atoms with Gasteiger partial charge in [0.15, 0.2) is 6.20 Å². The minimum absolute atomic E-state index is 0.827. The van der Waals surface area contributed by atoms with Gasteiger partial charge in [0.2, 0.25) is 5.69 Å². The van der Waals surface area contributed by atoms with Gasteiger partial charge in [0.05, 0.1) is 17.2 Å². The van der Waals surface area contributed by atoms with Crippen LogP contribution in [0, 0.1) is 12.8 Å². The fourth-order valence-corrected chi connectivity index (χ4v) is 5.31. The van der Waals surface area contributed by atoms with Crippen molar-refractivity contribution in [1.29, 1.82) is 0 Å². The minimum Gasteiger partial charge on any atom is -0.464 e. The van der Waals surface area contributed by atoms with E-state index in [4.69, 9.17) is 9.15 Å². The highest BCUT2D eigenvalue weighted by Crippen LogP contribution is 2.48. The summed E-state index contributed by atoms with van der Waals surface area (Å²) in [5.41, 5.74) is 5.85. The number of nitrogens with zero attached hydrogens (tertiary/aromatic N) is 1. The molecule has 0 saturated heterocycles. The van der Waals surface area contributed by atoms with Crippen LogP contribution >= 0.6 is 0 Å². The third-order valence-corrected chi connectivity index (χ3v) is 6.66. The Morgan fingerprint density at radius 3 is 2.75 bits per heavy atom. The topological polar surface area (TPSA) is 26.2 Å². The molecule has 2 aromatic carbocycles. The molecule has 2 aliphatic rings. The maximum absolute atomic E-state index is 6.51. The largest absolute Gasteiger partial charge is 0.464 e. The summed E-state index contributed by atoms with van der Waals surface area (Å²) in [6.45, 7) is 2.13. The van der Waals surface area contributed by atoms with Crippen LogP contribution in [-0.4, -0.2) is 0 Å². The number of fused-ring (bicyclic) bond motifs is 3. The molecular weight excluding hydrogens is 346 g/mol. The van der Waals surface area contributed by atoms with Crippen molar-refractivity contribution < 1.29 is 13.7 Å². The molecule has 3 heterocycles.